The lowest BCUT2D eigenvalue weighted by Crippen LogP contribution is -2.45. The van der Waals surface area contributed by atoms with Crippen LogP contribution in [0.25, 0.3) is 0 Å². The first-order chi connectivity index (χ1) is 9.57. The first-order valence-corrected chi connectivity index (χ1v) is 9.31. The molecule has 0 aromatic carbocycles. The van der Waals surface area contributed by atoms with E-state index < -0.39 is 10.0 Å². The van der Waals surface area contributed by atoms with Crippen LogP contribution in [0.3, 0.4) is 0 Å². The minimum atomic E-state index is -3.14. The summed E-state index contributed by atoms with van der Waals surface area (Å²) in [4.78, 5) is 0. The summed E-state index contributed by atoms with van der Waals surface area (Å²) in [5.74, 6) is 1.88. The summed E-state index contributed by atoms with van der Waals surface area (Å²) in [7, 11) is -3.14. The van der Waals surface area contributed by atoms with Gasteiger partial charge >= 0.3 is 0 Å². The predicted molar refractivity (Wildman–Crippen MR) is 75.7 cm³/mol. The van der Waals surface area contributed by atoms with E-state index in [0.717, 1.165) is 43.9 Å². The molecule has 0 aliphatic carbocycles. The molecule has 1 saturated heterocycles. The van der Waals surface area contributed by atoms with Gasteiger partial charge in [-0.3, -0.25) is 0 Å². The molecule has 0 saturated carbocycles. The molecule has 2 aliphatic rings. The van der Waals surface area contributed by atoms with E-state index in [4.69, 9.17) is 0 Å². The van der Waals surface area contributed by atoms with Gasteiger partial charge in [-0.05, 0) is 19.3 Å². The van der Waals surface area contributed by atoms with Gasteiger partial charge in [0.25, 0.3) is 0 Å². The van der Waals surface area contributed by atoms with Crippen molar-refractivity contribution >= 4 is 10.0 Å². The van der Waals surface area contributed by atoms with Crippen LogP contribution < -0.4 is 0 Å². The van der Waals surface area contributed by atoms with E-state index in [2.05, 4.69) is 14.8 Å². The molecule has 20 heavy (non-hydrogen) atoms. The number of sulfonamides is 1. The minimum Gasteiger partial charge on any atom is -0.314 e. The highest BCUT2D eigenvalue weighted by molar-refractivity contribution is 7.88. The lowest BCUT2D eigenvalue weighted by Gasteiger charge is -2.38. The third-order valence-electron chi connectivity index (χ3n) is 4.33. The number of aromatic nitrogens is 3. The first kappa shape index (κ1) is 14.0. The topological polar surface area (TPSA) is 68.1 Å². The molecular weight excluding hydrogens is 276 g/mol. The van der Waals surface area contributed by atoms with E-state index >= 15 is 0 Å². The Hall–Kier alpha value is -0.950. The molecule has 7 heteroatoms. The molecule has 1 aromatic rings. The molecule has 112 valence electrons. The first-order valence-electron chi connectivity index (χ1n) is 7.46. The van der Waals surface area contributed by atoms with Crippen LogP contribution in [0, 0.1) is 0 Å². The zero-order chi connectivity index (χ0) is 14.2. The maximum atomic E-state index is 11.7. The van der Waals surface area contributed by atoms with Crippen molar-refractivity contribution in [3.8, 4) is 0 Å². The van der Waals surface area contributed by atoms with Crippen molar-refractivity contribution < 1.29 is 8.42 Å². The number of rotatable bonds is 2. The lowest BCUT2D eigenvalue weighted by molar-refractivity contribution is 0.188. The Kier molecular flexibility index (Phi) is 3.81. The van der Waals surface area contributed by atoms with Crippen LogP contribution in [-0.4, -0.2) is 40.3 Å². The molecular formula is C13H22N4O2S. The Bertz CT molecular complexity index is 581. The normalized spacial score (nSPS) is 25.1. The van der Waals surface area contributed by atoms with Crippen LogP contribution in [0.2, 0.25) is 0 Å². The smallest absolute Gasteiger partial charge is 0.211 e. The Labute approximate surface area is 120 Å². The molecule has 3 heterocycles. The summed E-state index contributed by atoms with van der Waals surface area (Å²) in [6.45, 7) is 1.53. The molecule has 0 radical (unpaired) electrons. The highest BCUT2D eigenvalue weighted by atomic mass is 32.2. The van der Waals surface area contributed by atoms with Gasteiger partial charge < -0.3 is 4.57 Å². The average Bonchev–Trinajstić information content (AvgIpc) is 2.71. The minimum absolute atomic E-state index is 0.105. The number of fused-ring (bicyclic) bond motifs is 1. The fourth-order valence-electron chi connectivity index (χ4n) is 3.13. The molecule has 0 amide bonds. The van der Waals surface area contributed by atoms with Gasteiger partial charge in [-0.1, -0.05) is 19.3 Å². The third kappa shape index (κ3) is 2.61. The van der Waals surface area contributed by atoms with Gasteiger partial charge in [0.2, 0.25) is 10.0 Å². The monoisotopic (exact) mass is 298 g/mol. The van der Waals surface area contributed by atoms with Crippen LogP contribution >= 0.6 is 0 Å². The molecule has 1 atom stereocenters. The Balaban J connectivity index is 1.87. The molecule has 1 aromatic heterocycles. The predicted octanol–water partition coefficient (Wildman–Crippen LogP) is 1.49. The van der Waals surface area contributed by atoms with Crippen LogP contribution in [0.5, 0.6) is 0 Å². The number of hydrogen-bond acceptors (Lipinski definition) is 4. The highest BCUT2D eigenvalue weighted by Gasteiger charge is 2.39. The fourth-order valence-corrected chi connectivity index (χ4v) is 4.23. The molecule has 6 nitrogen and oxygen atoms in total. The Morgan fingerprint density at radius 2 is 1.80 bits per heavy atom. The van der Waals surface area contributed by atoms with Gasteiger partial charge in [-0.25, -0.2) is 8.42 Å². The molecule has 0 N–H and O–H groups in total. The summed E-state index contributed by atoms with van der Waals surface area (Å²) in [5.41, 5.74) is 0. The van der Waals surface area contributed by atoms with Gasteiger partial charge in [0.1, 0.15) is 5.82 Å². The van der Waals surface area contributed by atoms with Crippen molar-refractivity contribution in [2.45, 2.75) is 57.5 Å². The van der Waals surface area contributed by atoms with E-state index in [0.29, 0.717) is 6.54 Å². The third-order valence-corrected chi connectivity index (χ3v) is 5.62. The quantitative estimate of drug-likeness (QED) is 0.829. The van der Waals surface area contributed by atoms with Crippen LogP contribution in [-0.2, 0) is 23.0 Å². The highest BCUT2D eigenvalue weighted by Crippen LogP contribution is 2.35. The SMILES string of the molecule is CS(=O)(=O)N1CCC1c1nnc2n1CCCCCCC2. The van der Waals surface area contributed by atoms with E-state index in [9.17, 15) is 8.42 Å². The van der Waals surface area contributed by atoms with E-state index in [-0.39, 0.29) is 6.04 Å². The molecule has 1 fully saturated rings. The molecule has 0 spiro atoms. The largest absolute Gasteiger partial charge is 0.314 e. The summed E-state index contributed by atoms with van der Waals surface area (Å²) in [6, 6.07) is -0.105. The number of hydrogen-bond donors (Lipinski definition) is 0. The Morgan fingerprint density at radius 3 is 2.50 bits per heavy atom. The van der Waals surface area contributed by atoms with Crippen LogP contribution in [0.1, 0.15) is 56.2 Å². The second-order valence-electron chi connectivity index (χ2n) is 5.82. The number of nitrogens with zero attached hydrogens (tertiary/aromatic N) is 4. The van der Waals surface area contributed by atoms with Crippen LogP contribution in [0.4, 0.5) is 0 Å². The van der Waals surface area contributed by atoms with E-state index in [1.165, 1.54) is 29.8 Å². The Morgan fingerprint density at radius 1 is 1.05 bits per heavy atom. The van der Waals surface area contributed by atoms with Crippen molar-refractivity contribution in [1.82, 2.24) is 19.1 Å². The summed E-state index contributed by atoms with van der Waals surface area (Å²) >= 11 is 0. The van der Waals surface area contributed by atoms with Gasteiger partial charge in [0.15, 0.2) is 5.82 Å². The molecule has 0 bridgehead atoms. The summed E-state index contributed by atoms with van der Waals surface area (Å²) in [5, 5.41) is 8.62. The average molecular weight is 298 g/mol. The lowest BCUT2D eigenvalue weighted by atomic mass is 10.1. The van der Waals surface area contributed by atoms with Gasteiger partial charge in [-0.15, -0.1) is 10.2 Å². The van der Waals surface area contributed by atoms with Crippen molar-refractivity contribution in [3.63, 3.8) is 0 Å². The van der Waals surface area contributed by atoms with E-state index in [1.54, 1.807) is 0 Å². The molecule has 2 aliphatic heterocycles. The van der Waals surface area contributed by atoms with E-state index in [1.807, 2.05) is 0 Å². The summed E-state index contributed by atoms with van der Waals surface area (Å²) in [6.07, 6.45) is 9.13. The van der Waals surface area contributed by atoms with Gasteiger partial charge in [0.05, 0.1) is 12.3 Å². The second-order valence-corrected chi connectivity index (χ2v) is 7.76. The zero-order valence-electron chi connectivity index (χ0n) is 12.0. The maximum Gasteiger partial charge on any atom is 0.211 e. The second kappa shape index (κ2) is 5.44. The summed E-state index contributed by atoms with van der Waals surface area (Å²) < 4.78 is 27.2. The van der Waals surface area contributed by atoms with Crippen molar-refractivity contribution in [2.24, 2.45) is 0 Å². The van der Waals surface area contributed by atoms with Crippen molar-refractivity contribution in [1.29, 1.82) is 0 Å². The number of aryl methyl sites for hydroxylation is 1. The van der Waals surface area contributed by atoms with Crippen molar-refractivity contribution in [2.75, 3.05) is 12.8 Å². The van der Waals surface area contributed by atoms with Gasteiger partial charge in [-0.2, -0.15) is 4.31 Å². The maximum absolute atomic E-state index is 11.7. The van der Waals surface area contributed by atoms with Crippen LogP contribution in [0.15, 0.2) is 0 Å². The van der Waals surface area contributed by atoms with Gasteiger partial charge in [0, 0.05) is 19.5 Å². The molecule has 1 unspecified atom stereocenters. The fraction of sp³-hybridized carbons (Fsp3) is 0.846. The standard InChI is InChI=1S/C13H22N4O2S/c1-20(18,19)17-10-8-11(17)13-15-14-12-7-5-3-2-4-6-9-16(12)13/h11H,2-10H2,1H3. The zero-order valence-corrected chi connectivity index (χ0v) is 12.8. The molecule has 3 rings (SSSR count). The van der Waals surface area contributed by atoms with Crippen molar-refractivity contribution in [3.05, 3.63) is 11.6 Å².